The highest BCUT2D eigenvalue weighted by Crippen LogP contribution is 2.38. The second-order valence-electron chi connectivity index (χ2n) is 7.23. The van der Waals surface area contributed by atoms with Crippen LogP contribution < -0.4 is 0 Å². The first-order valence-electron chi connectivity index (χ1n) is 9.83. The molecule has 0 unspecified atom stereocenters. The lowest BCUT2D eigenvalue weighted by atomic mass is 9.98. The number of fused-ring (bicyclic) bond motifs is 2. The van der Waals surface area contributed by atoms with Crippen LogP contribution in [0.5, 0.6) is 0 Å². The van der Waals surface area contributed by atoms with E-state index in [4.69, 9.17) is 11.6 Å². The average Bonchev–Trinajstić information content (AvgIpc) is 3.08. The number of rotatable bonds is 3. The van der Waals surface area contributed by atoms with Crippen LogP contribution in [0.1, 0.15) is 17.4 Å². The topological polar surface area (TPSA) is 25.8 Å². The smallest absolute Gasteiger partial charge is 0.217 e. The van der Waals surface area contributed by atoms with E-state index in [1.54, 1.807) is 11.3 Å². The van der Waals surface area contributed by atoms with E-state index in [9.17, 15) is 0 Å². The second kappa shape index (κ2) is 7.67. The molecule has 0 saturated carbocycles. The molecular weight excluding hydrogens is 408 g/mol. The van der Waals surface area contributed by atoms with Gasteiger partial charge < -0.3 is 0 Å². The summed E-state index contributed by atoms with van der Waals surface area (Å²) in [7, 11) is 0. The number of aryl methyl sites for hydroxylation is 1. The van der Waals surface area contributed by atoms with E-state index < -0.39 is 0 Å². The molecule has 4 heteroatoms. The number of nitrogens with zero attached hydrogens (tertiary/aromatic N) is 2. The Balaban J connectivity index is 1.62. The van der Waals surface area contributed by atoms with Crippen molar-refractivity contribution in [1.29, 1.82) is 0 Å². The van der Waals surface area contributed by atoms with Crippen molar-refractivity contribution >= 4 is 50.0 Å². The summed E-state index contributed by atoms with van der Waals surface area (Å²) in [5, 5.41) is 3.84. The molecule has 0 spiro atoms. The van der Waals surface area contributed by atoms with Gasteiger partial charge in [-0.15, -0.1) is 11.3 Å². The van der Waals surface area contributed by atoms with Gasteiger partial charge in [0.05, 0.1) is 5.69 Å². The highest BCUT2D eigenvalue weighted by atomic mass is 35.5. The van der Waals surface area contributed by atoms with Gasteiger partial charge in [-0.3, -0.25) is 0 Å². The molecule has 0 amide bonds. The molecule has 0 radical (unpaired) electrons. The SMILES string of the molecule is C/C=C\c1c(C)sc2nc(Cl)nc(-c3ccc(-c4ccc5ccccc5c4)cc3)c12. The number of hydrogen-bond acceptors (Lipinski definition) is 3. The van der Waals surface area contributed by atoms with Crippen molar-refractivity contribution in [3.05, 3.63) is 88.5 Å². The van der Waals surface area contributed by atoms with E-state index in [0.29, 0.717) is 0 Å². The maximum atomic E-state index is 6.26. The second-order valence-corrected chi connectivity index (χ2v) is 8.77. The Labute approximate surface area is 184 Å². The van der Waals surface area contributed by atoms with Gasteiger partial charge in [-0.1, -0.05) is 72.8 Å². The standard InChI is InChI=1S/C26H19ClN2S/c1-3-6-22-16(2)30-25-23(22)24(28-26(27)29-25)19-12-9-18(10-13-19)21-14-11-17-7-4-5-8-20(17)15-21/h3-15H,1-2H3/b6-3-. The quantitative estimate of drug-likeness (QED) is 0.272. The minimum atomic E-state index is 0.282. The summed E-state index contributed by atoms with van der Waals surface area (Å²) >= 11 is 7.92. The molecule has 0 fully saturated rings. The summed E-state index contributed by atoms with van der Waals surface area (Å²) in [6.45, 7) is 4.14. The minimum Gasteiger partial charge on any atom is -0.217 e. The molecule has 2 nitrogen and oxygen atoms in total. The monoisotopic (exact) mass is 426 g/mol. The van der Waals surface area contributed by atoms with Crippen molar-refractivity contribution < 1.29 is 0 Å². The number of aromatic nitrogens is 2. The molecule has 0 atom stereocenters. The maximum absolute atomic E-state index is 6.26. The van der Waals surface area contributed by atoms with Gasteiger partial charge in [0.2, 0.25) is 5.28 Å². The summed E-state index contributed by atoms with van der Waals surface area (Å²) in [5.74, 6) is 0. The van der Waals surface area contributed by atoms with Crippen LogP contribution in [0.3, 0.4) is 0 Å². The fourth-order valence-electron chi connectivity index (χ4n) is 3.87. The van der Waals surface area contributed by atoms with Crippen molar-refractivity contribution in [2.75, 3.05) is 0 Å². The van der Waals surface area contributed by atoms with Gasteiger partial charge in [0.1, 0.15) is 4.83 Å². The van der Waals surface area contributed by atoms with Crippen molar-refractivity contribution in [3.8, 4) is 22.4 Å². The molecule has 0 bridgehead atoms. The number of thiophene rings is 1. The van der Waals surface area contributed by atoms with E-state index in [1.807, 2.05) is 6.92 Å². The number of hydrogen-bond donors (Lipinski definition) is 0. The Morgan fingerprint density at radius 2 is 1.53 bits per heavy atom. The number of halogens is 1. The maximum Gasteiger partial charge on any atom is 0.224 e. The molecule has 0 aliphatic rings. The highest BCUT2D eigenvalue weighted by molar-refractivity contribution is 7.19. The summed E-state index contributed by atoms with van der Waals surface area (Å²) in [5.41, 5.74) is 5.47. The zero-order valence-electron chi connectivity index (χ0n) is 16.7. The van der Waals surface area contributed by atoms with Crippen LogP contribution in [0.4, 0.5) is 0 Å². The van der Waals surface area contributed by atoms with Crippen molar-refractivity contribution in [3.63, 3.8) is 0 Å². The predicted octanol–water partition coefficient (Wildman–Crippen LogP) is 8.17. The van der Waals surface area contributed by atoms with Crippen molar-refractivity contribution in [2.45, 2.75) is 13.8 Å². The first-order chi connectivity index (χ1) is 14.6. The molecule has 146 valence electrons. The molecule has 0 N–H and O–H groups in total. The Kier molecular flexibility index (Phi) is 4.86. The molecule has 0 aliphatic carbocycles. The van der Waals surface area contributed by atoms with Gasteiger partial charge in [-0.25, -0.2) is 9.97 Å². The summed E-state index contributed by atoms with van der Waals surface area (Å²) in [6, 6.07) is 23.5. The van der Waals surface area contributed by atoms with Gasteiger partial charge in [-0.05, 0) is 59.0 Å². The fraction of sp³-hybridized carbons (Fsp3) is 0.0769. The van der Waals surface area contributed by atoms with Crippen LogP contribution in [0, 0.1) is 6.92 Å². The molecule has 0 saturated heterocycles. The lowest BCUT2D eigenvalue weighted by molar-refractivity contribution is 1.23. The van der Waals surface area contributed by atoms with Gasteiger partial charge in [0, 0.05) is 15.8 Å². The third kappa shape index (κ3) is 3.30. The van der Waals surface area contributed by atoms with Gasteiger partial charge in [-0.2, -0.15) is 0 Å². The number of allylic oxidation sites excluding steroid dienone is 1. The van der Waals surface area contributed by atoms with Crippen LogP contribution in [-0.2, 0) is 0 Å². The van der Waals surface area contributed by atoms with Crippen molar-refractivity contribution in [1.82, 2.24) is 9.97 Å². The fourth-order valence-corrected chi connectivity index (χ4v) is 5.10. The molecule has 5 rings (SSSR count). The zero-order valence-corrected chi connectivity index (χ0v) is 18.3. The average molecular weight is 427 g/mol. The van der Waals surface area contributed by atoms with E-state index in [0.717, 1.165) is 21.5 Å². The van der Waals surface area contributed by atoms with Gasteiger partial charge in [0.25, 0.3) is 0 Å². The van der Waals surface area contributed by atoms with Crippen LogP contribution in [0.2, 0.25) is 5.28 Å². The van der Waals surface area contributed by atoms with Crippen LogP contribution in [0.25, 0.3) is 49.4 Å². The molecular formula is C26H19ClN2S. The molecule has 2 heterocycles. The largest absolute Gasteiger partial charge is 0.224 e. The Bertz CT molecular complexity index is 1410. The first kappa shape index (κ1) is 19.0. The molecule has 0 aliphatic heterocycles. The lowest BCUT2D eigenvalue weighted by Crippen LogP contribution is -1.90. The lowest BCUT2D eigenvalue weighted by Gasteiger charge is -2.08. The normalized spacial score (nSPS) is 11.7. The van der Waals surface area contributed by atoms with E-state index >= 15 is 0 Å². The molecule has 5 aromatic rings. The Morgan fingerprint density at radius 1 is 0.833 bits per heavy atom. The van der Waals surface area contributed by atoms with E-state index in [2.05, 4.69) is 95.8 Å². The van der Waals surface area contributed by atoms with Crippen molar-refractivity contribution in [2.24, 2.45) is 0 Å². The first-order valence-corrected chi connectivity index (χ1v) is 11.0. The minimum absolute atomic E-state index is 0.282. The third-order valence-electron chi connectivity index (χ3n) is 5.32. The summed E-state index contributed by atoms with van der Waals surface area (Å²) in [6.07, 6.45) is 4.17. The molecule has 2 aromatic heterocycles. The summed E-state index contributed by atoms with van der Waals surface area (Å²) < 4.78 is 0. The Morgan fingerprint density at radius 3 is 2.30 bits per heavy atom. The van der Waals surface area contributed by atoms with E-state index in [-0.39, 0.29) is 5.28 Å². The van der Waals surface area contributed by atoms with E-state index in [1.165, 1.54) is 32.3 Å². The molecule has 3 aromatic carbocycles. The van der Waals surface area contributed by atoms with Crippen LogP contribution in [-0.4, -0.2) is 9.97 Å². The zero-order chi connectivity index (χ0) is 20.7. The van der Waals surface area contributed by atoms with Crippen LogP contribution in [0.15, 0.2) is 72.8 Å². The summed E-state index contributed by atoms with van der Waals surface area (Å²) in [4.78, 5) is 11.2. The van der Waals surface area contributed by atoms with Gasteiger partial charge >= 0.3 is 0 Å². The Hall–Kier alpha value is -3.01. The van der Waals surface area contributed by atoms with Crippen LogP contribution >= 0.6 is 22.9 Å². The third-order valence-corrected chi connectivity index (χ3v) is 6.51. The molecule has 30 heavy (non-hydrogen) atoms. The van der Waals surface area contributed by atoms with Gasteiger partial charge in [0.15, 0.2) is 0 Å². The highest BCUT2D eigenvalue weighted by Gasteiger charge is 2.16. The number of benzene rings is 3. The predicted molar refractivity (Wildman–Crippen MR) is 130 cm³/mol.